The molecule has 4 nitrogen and oxygen atoms in total. The number of allylic oxidation sites excluding steroid dienone is 2. The molecule has 0 radical (unpaired) electrons. The van der Waals surface area contributed by atoms with Crippen LogP contribution in [-0.2, 0) is 4.79 Å². The van der Waals surface area contributed by atoms with Crippen molar-refractivity contribution in [2.24, 2.45) is 5.73 Å². The highest BCUT2D eigenvalue weighted by molar-refractivity contribution is 5.96. The number of nitrogens with two attached hydrogens (primary N) is 1. The van der Waals surface area contributed by atoms with Crippen LogP contribution in [0.4, 0.5) is 0 Å². The molecule has 1 aromatic carbocycles. The molecule has 0 aliphatic heterocycles. The van der Waals surface area contributed by atoms with Crippen molar-refractivity contribution < 1.29 is 9.53 Å². The number of primary amides is 1. The van der Waals surface area contributed by atoms with Gasteiger partial charge in [0.15, 0.2) is 0 Å². The second-order valence-corrected chi connectivity index (χ2v) is 3.19. The number of methoxy groups -OCH3 is 1. The fraction of sp³-hybridized carbons (Fsp3) is 0.0769. The Balaban J connectivity index is 2.77. The Morgan fingerprint density at radius 2 is 2.06 bits per heavy atom. The van der Waals surface area contributed by atoms with E-state index in [9.17, 15) is 4.79 Å². The lowest BCUT2D eigenvalue weighted by Crippen LogP contribution is -2.12. The summed E-state index contributed by atoms with van der Waals surface area (Å²) in [4.78, 5) is 10.7. The van der Waals surface area contributed by atoms with E-state index in [2.05, 4.69) is 0 Å². The lowest BCUT2D eigenvalue weighted by molar-refractivity contribution is -0.114. The predicted molar refractivity (Wildman–Crippen MR) is 64.9 cm³/mol. The van der Waals surface area contributed by atoms with Crippen LogP contribution in [0.2, 0.25) is 0 Å². The average molecular weight is 228 g/mol. The van der Waals surface area contributed by atoms with Gasteiger partial charge in [-0.1, -0.05) is 24.3 Å². The van der Waals surface area contributed by atoms with Crippen LogP contribution in [-0.4, -0.2) is 13.0 Å². The molecule has 1 aromatic rings. The van der Waals surface area contributed by atoms with Gasteiger partial charge in [-0.3, -0.25) is 4.79 Å². The van der Waals surface area contributed by atoms with Crippen molar-refractivity contribution in [2.75, 3.05) is 7.11 Å². The quantitative estimate of drug-likeness (QED) is 0.483. The summed E-state index contributed by atoms with van der Waals surface area (Å²) in [6.07, 6.45) is 4.75. The molecule has 2 N–H and O–H groups in total. The van der Waals surface area contributed by atoms with E-state index >= 15 is 0 Å². The number of hydrogen-bond donors (Lipinski definition) is 1. The van der Waals surface area contributed by atoms with Crippen LogP contribution in [0.3, 0.4) is 0 Å². The van der Waals surface area contributed by atoms with Gasteiger partial charge in [0, 0.05) is 0 Å². The number of amides is 1. The molecular formula is C13H12N2O2. The van der Waals surface area contributed by atoms with E-state index in [4.69, 9.17) is 15.7 Å². The first-order valence-corrected chi connectivity index (χ1v) is 4.89. The molecule has 0 atom stereocenters. The molecule has 0 bridgehead atoms. The number of nitrogens with zero attached hydrogens (tertiary/aromatic N) is 1. The molecular weight excluding hydrogens is 216 g/mol. The fourth-order valence-electron chi connectivity index (χ4n) is 1.14. The van der Waals surface area contributed by atoms with Crippen molar-refractivity contribution in [3.63, 3.8) is 0 Å². The van der Waals surface area contributed by atoms with Gasteiger partial charge >= 0.3 is 0 Å². The average Bonchev–Trinajstić information content (AvgIpc) is 2.35. The highest BCUT2D eigenvalue weighted by Crippen LogP contribution is 2.12. The maximum Gasteiger partial charge on any atom is 0.259 e. The Labute approximate surface area is 99.6 Å². The Hall–Kier alpha value is -2.54. The molecule has 17 heavy (non-hydrogen) atoms. The molecule has 0 saturated carbocycles. The Bertz CT molecular complexity index is 493. The SMILES string of the molecule is COc1ccc(/C=C/C=C(\C#N)C(N)=O)cc1. The van der Waals surface area contributed by atoms with Crippen LogP contribution in [0.5, 0.6) is 5.75 Å². The Morgan fingerprint density at radius 3 is 2.53 bits per heavy atom. The summed E-state index contributed by atoms with van der Waals surface area (Å²) in [5.74, 6) is 0.0411. The van der Waals surface area contributed by atoms with Crippen molar-refractivity contribution in [1.82, 2.24) is 0 Å². The second kappa shape index (κ2) is 6.13. The maximum absolute atomic E-state index is 10.7. The van der Waals surface area contributed by atoms with Gasteiger partial charge in [-0.15, -0.1) is 0 Å². The number of hydrogen-bond acceptors (Lipinski definition) is 3. The van der Waals surface area contributed by atoms with Crippen LogP contribution in [0.15, 0.2) is 42.0 Å². The van der Waals surface area contributed by atoms with Crippen molar-refractivity contribution in [3.8, 4) is 11.8 Å². The van der Waals surface area contributed by atoms with Crippen molar-refractivity contribution in [3.05, 3.63) is 47.6 Å². The number of benzene rings is 1. The van der Waals surface area contributed by atoms with Gasteiger partial charge in [0.05, 0.1) is 7.11 Å². The van der Waals surface area contributed by atoms with Gasteiger partial charge in [0.2, 0.25) is 0 Å². The van der Waals surface area contributed by atoms with Crippen LogP contribution < -0.4 is 10.5 Å². The summed E-state index contributed by atoms with van der Waals surface area (Å²) in [5, 5.41) is 8.59. The maximum atomic E-state index is 10.7. The summed E-state index contributed by atoms with van der Waals surface area (Å²) >= 11 is 0. The Kier molecular flexibility index (Phi) is 4.52. The lowest BCUT2D eigenvalue weighted by Gasteiger charge is -1.98. The molecule has 0 spiro atoms. The third kappa shape index (κ3) is 3.84. The first-order chi connectivity index (χ1) is 8.17. The van der Waals surface area contributed by atoms with Gasteiger partial charge in [-0.05, 0) is 23.8 Å². The number of carbonyl (C=O) groups is 1. The smallest absolute Gasteiger partial charge is 0.259 e. The summed E-state index contributed by atoms with van der Waals surface area (Å²) in [7, 11) is 1.60. The van der Waals surface area contributed by atoms with Gasteiger partial charge in [-0.25, -0.2) is 0 Å². The molecule has 0 heterocycles. The van der Waals surface area contributed by atoms with Crippen molar-refractivity contribution in [2.45, 2.75) is 0 Å². The number of carbonyl (C=O) groups excluding carboxylic acids is 1. The lowest BCUT2D eigenvalue weighted by atomic mass is 10.2. The van der Waals surface area contributed by atoms with Crippen LogP contribution >= 0.6 is 0 Å². The van der Waals surface area contributed by atoms with E-state index < -0.39 is 5.91 Å². The minimum atomic E-state index is -0.730. The van der Waals surface area contributed by atoms with Crippen LogP contribution in [0.1, 0.15) is 5.56 Å². The zero-order valence-corrected chi connectivity index (χ0v) is 9.38. The fourth-order valence-corrected chi connectivity index (χ4v) is 1.14. The number of nitriles is 1. The van der Waals surface area contributed by atoms with Gasteiger partial charge in [0.25, 0.3) is 5.91 Å². The minimum Gasteiger partial charge on any atom is -0.497 e. The molecule has 0 unspecified atom stereocenters. The molecule has 0 aliphatic carbocycles. The highest BCUT2D eigenvalue weighted by Gasteiger charge is 1.99. The summed E-state index contributed by atoms with van der Waals surface area (Å²) in [6, 6.07) is 9.09. The summed E-state index contributed by atoms with van der Waals surface area (Å²) in [5.41, 5.74) is 5.84. The van der Waals surface area contributed by atoms with Gasteiger partial charge in [0.1, 0.15) is 17.4 Å². The largest absolute Gasteiger partial charge is 0.497 e. The highest BCUT2D eigenvalue weighted by atomic mass is 16.5. The van der Waals surface area contributed by atoms with E-state index in [0.717, 1.165) is 11.3 Å². The number of ether oxygens (including phenoxy) is 1. The van der Waals surface area contributed by atoms with Crippen molar-refractivity contribution in [1.29, 1.82) is 5.26 Å². The van der Waals surface area contributed by atoms with Crippen LogP contribution in [0.25, 0.3) is 6.08 Å². The zero-order chi connectivity index (χ0) is 12.7. The molecule has 4 heteroatoms. The second-order valence-electron chi connectivity index (χ2n) is 3.19. The van der Waals surface area contributed by atoms with Crippen molar-refractivity contribution >= 4 is 12.0 Å². The molecule has 1 rings (SSSR count). The van der Waals surface area contributed by atoms with E-state index in [1.54, 1.807) is 25.3 Å². The van der Waals surface area contributed by atoms with E-state index in [1.807, 2.05) is 24.3 Å². The number of rotatable bonds is 4. The topological polar surface area (TPSA) is 76.1 Å². The van der Waals surface area contributed by atoms with Crippen LogP contribution in [0, 0.1) is 11.3 Å². The third-order valence-electron chi connectivity index (χ3n) is 2.05. The summed E-state index contributed by atoms with van der Waals surface area (Å²) in [6.45, 7) is 0. The molecule has 1 amide bonds. The Morgan fingerprint density at radius 1 is 1.41 bits per heavy atom. The molecule has 0 aromatic heterocycles. The first kappa shape index (κ1) is 12.5. The van der Waals surface area contributed by atoms with E-state index in [-0.39, 0.29) is 5.57 Å². The monoisotopic (exact) mass is 228 g/mol. The van der Waals surface area contributed by atoms with Gasteiger partial charge in [-0.2, -0.15) is 5.26 Å². The predicted octanol–water partition coefficient (Wildman–Crippen LogP) is 1.64. The molecule has 0 saturated heterocycles. The summed E-state index contributed by atoms with van der Waals surface area (Å²) < 4.78 is 5.02. The molecule has 0 aliphatic rings. The minimum absolute atomic E-state index is 0.0743. The van der Waals surface area contributed by atoms with E-state index in [1.165, 1.54) is 6.08 Å². The molecule has 0 fully saturated rings. The van der Waals surface area contributed by atoms with Gasteiger partial charge < -0.3 is 10.5 Å². The standard InChI is InChI=1S/C13H12N2O2/c1-17-12-7-5-10(6-8-12)3-2-4-11(9-14)13(15)16/h2-8H,1H3,(H2,15,16)/b3-2+,11-4+. The van der Waals surface area contributed by atoms with E-state index in [0.29, 0.717) is 0 Å². The molecule has 86 valence electrons. The zero-order valence-electron chi connectivity index (χ0n) is 9.38. The normalized spacial score (nSPS) is 11.2. The third-order valence-corrected chi connectivity index (χ3v) is 2.05. The first-order valence-electron chi connectivity index (χ1n) is 4.89.